The lowest BCUT2D eigenvalue weighted by molar-refractivity contribution is -0.114. The minimum atomic E-state index is -3.69. The second kappa shape index (κ2) is 5.84. The van der Waals surface area contributed by atoms with Gasteiger partial charge in [0.1, 0.15) is 0 Å². The molecule has 0 aliphatic heterocycles. The Kier molecular flexibility index (Phi) is 4.13. The highest BCUT2D eigenvalue weighted by molar-refractivity contribution is 7.92. The standard InChI is InChI=1S/C14H15N3O3S/c1-10(18)16-12-3-2-4-13(9-12)17-21(19,20)14-7-5-11(15)6-8-14/h2-9,17H,15H2,1H3,(H,16,18). The van der Waals surface area contributed by atoms with Gasteiger partial charge in [0.15, 0.2) is 0 Å². The van der Waals surface area contributed by atoms with Gasteiger partial charge in [-0.2, -0.15) is 0 Å². The van der Waals surface area contributed by atoms with E-state index in [-0.39, 0.29) is 10.8 Å². The van der Waals surface area contributed by atoms with Gasteiger partial charge >= 0.3 is 0 Å². The van der Waals surface area contributed by atoms with E-state index in [9.17, 15) is 13.2 Å². The SMILES string of the molecule is CC(=O)Nc1cccc(NS(=O)(=O)c2ccc(N)cc2)c1. The van der Waals surface area contributed by atoms with Crippen LogP contribution in [-0.4, -0.2) is 14.3 Å². The molecule has 2 aromatic rings. The molecule has 0 aliphatic carbocycles. The van der Waals surface area contributed by atoms with Crippen LogP contribution >= 0.6 is 0 Å². The van der Waals surface area contributed by atoms with Gasteiger partial charge in [-0.25, -0.2) is 8.42 Å². The van der Waals surface area contributed by atoms with Crippen LogP contribution in [0, 0.1) is 0 Å². The van der Waals surface area contributed by atoms with E-state index >= 15 is 0 Å². The number of anilines is 3. The number of nitrogens with one attached hydrogen (secondary N) is 2. The number of nitrogens with two attached hydrogens (primary N) is 1. The molecule has 7 heteroatoms. The molecule has 6 nitrogen and oxygen atoms in total. The van der Waals surface area contributed by atoms with Crippen molar-refractivity contribution in [2.45, 2.75) is 11.8 Å². The smallest absolute Gasteiger partial charge is 0.261 e. The molecule has 0 atom stereocenters. The van der Waals surface area contributed by atoms with Crippen molar-refractivity contribution < 1.29 is 13.2 Å². The van der Waals surface area contributed by atoms with Crippen LogP contribution in [0.5, 0.6) is 0 Å². The van der Waals surface area contributed by atoms with Crippen molar-refractivity contribution in [1.82, 2.24) is 0 Å². The van der Waals surface area contributed by atoms with E-state index in [1.54, 1.807) is 18.2 Å². The molecule has 0 saturated heterocycles. The lowest BCUT2D eigenvalue weighted by Crippen LogP contribution is -2.13. The van der Waals surface area contributed by atoms with Gasteiger partial charge in [0, 0.05) is 18.3 Å². The molecular weight excluding hydrogens is 290 g/mol. The van der Waals surface area contributed by atoms with Gasteiger partial charge in [-0.1, -0.05) is 6.07 Å². The first kappa shape index (κ1) is 14.9. The van der Waals surface area contributed by atoms with Crippen molar-refractivity contribution >= 4 is 33.0 Å². The molecule has 2 aromatic carbocycles. The predicted molar refractivity (Wildman–Crippen MR) is 82.4 cm³/mol. The molecule has 0 saturated carbocycles. The number of nitrogen functional groups attached to an aromatic ring is 1. The van der Waals surface area contributed by atoms with Crippen LogP contribution in [0.25, 0.3) is 0 Å². The minimum absolute atomic E-state index is 0.113. The fraction of sp³-hybridized carbons (Fsp3) is 0.0714. The fourth-order valence-electron chi connectivity index (χ4n) is 1.72. The lowest BCUT2D eigenvalue weighted by atomic mass is 10.3. The summed E-state index contributed by atoms with van der Waals surface area (Å²) >= 11 is 0. The molecule has 1 amide bonds. The Balaban J connectivity index is 2.24. The van der Waals surface area contributed by atoms with Crippen LogP contribution < -0.4 is 15.8 Å². The van der Waals surface area contributed by atoms with Crippen molar-refractivity contribution in [2.75, 3.05) is 15.8 Å². The third-order valence-electron chi connectivity index (χ3n) is 2.63. The first-order valence-electron chi connectivity index (χ1n) is 6.13. The Hall–Kier alpha value is -2.54. The molecule has 0 heterocycles. The normalized spacial score (nSPS) is 10.9. The number of hydrogen-bond acceptors (Lipinski definition) is 4. The number of sulfonamides is 1. The summed E-state index contributed by atoms with van der Waals surface area (Å²) in [5.41, 5.74) is 6.89. The summed E-state index contributed by atoms with van der Waals surface area (Å²) in [6.07, 6.45) is 0. The van der Waals surface area contributed by atoms with Gasteiger partial charge in [-0.05, 0) is 42.5 Å². The first-order valence-corrected chi connectivity index (χ1v) is 7.61. The van der Waals surface area contributed by atoms with Gasteiger partial charge in [0.05, 0.1) is 10.6 Å². The number of carbonyl (C=O) groups excluding carboxylic acids is 1. The lowest BCUT2D eigenvalue weighted by Gasteiger charge is -2.10. The highest BCUT2D eigenvalue weighted by Crippen LogP contribution is 2.20. The maximum atomic E-state index is 12.2. The first-order chi connectivity index (χ1) is 9.87. The number of rotatable bonds is 4. The summed E-state index contributed by atoms with van der Waals surface area (Å²) in [7, 11) is -3.69. The predicted octanol–water partition coefficient (Wildman–Crippen LogP) is 2.03. The van der Waals surface area contributed by atoms with Gasteiger partial charge in [0.25, 0.3) is 10.0 Å². The molecule has 0 spiro atoms. The molecular formula is C14H15N3O3S. The van der Waals surface area contributed by atoms with Crippen LogP contribution in [0.1, 0.15) is 6.92 Å². The Labute approximate surface area is 123 Å². The zero-order valence-corrected chi connectivity index (χ0v) is 12.1. The maximum Gasteiger partial charge on any atom is 0.261 e. The average molecular weight is 305 g/mol. The van der Waals surface area contributed by atoms with E-state index in [4.69, 9.17) is 5.73 Å². The maximum absolute atomic E-state index is 12.2. The van der Waals surface area contributed by atoms with Crippen LogP contribution in [0.4, 0.5) is 17.1 Å². The Bertz CT molecular complexity index is 755. The van der Waals surface area contributed by atoms with Gasteiger partial charge < -0.3 is 11.1 Å². The van der Waals surface area contributed by atoms with E-state index < -0.39 is 10.0 Å². The molecule has 110 valence electrons. The number of amides is 1. The zero-order valence-electron chi connectivity index (χ0n) is 11.3. The Morgan fingerprint density at radius 3 is 2.29 bits per heavy atom. The molecule has 21 heavy (non-hydrogen) atoms. The third-order valence-corrected chi connectivity index (χ3v) is 4.02. The second-order valence-electron chi connectivity index (χ2n) is 4.44. The Morgan fingerprint density at radius 2 is 1.67 bits per heavy atom. The van der Waals surface area contributed by atoms with E-state index in [1.165, 1.54) is 37.3 Å². The summed E-state index contributed by atoms with van der Waals surface area (Å²) in [6, 6.07) is 12.3. The van der Waals surface area contributed by atoms with Crippen LogP contribution in [-0.2, 0) is 14.8 Å². The minimum Gasteiger partial charge on any atom is -0.399 e. The van der Waals surface area contributed by atoms with Crippen LogP contribution in [0.3, 0.4) is 0 Å². The quantitative estimate of drug-likeness (QED) is 0.752. The average Bonchev–Trinajstić information content (AvgIpc) is 2.38. The van der Waals surface area contributed by atoms with Crippen molar-refractivity contribution in [3.8, 4) is 0 Å². The van der Waals surface area contributed by atoms with E-state index in [1.807, 2.05) is 0 Å². The largest absolute Gasteiger partial charge is 0.399 e. The van der Waals surface area contributed by atoms with Crippen LogP contribution in [0.2, 0.25) is 0 Å². The van der Waals surface area contributed by atoms with E-state index in [0.29, 0.717) is 17.1 Å². The molecule has 0 aromatic heterocycles. The summed E-state index contributed by atoms with van der Waals surface area (Å²) in [4.78, 5) is 11.1. The summed E-state index contributed by atoms with van der Waals surface area (Å²) in [5.74, 6) is -0.228. The molecule has 0 aliphatic rings. The molecule has 4 N–H and O–H groups in total. The van der Waals surface area contributed by atoms with Crippen molar-refractivity contribution in [1.29, 1.82) is 0 Å². The van der Waals surface area contributed by atoms with Crippen molar-refractivity contribution in [3.05, 3.63) is 48.5 Å². The molecule has 0 bridgehead atoms. The second-order valence-corrected chi connectivity index (χ2v) is 6.12. The number of hydrogen-bond donors (Lipinski definition) is 3. The van der Waals surface area contributed by atoms with Gasteiger partial charge in [-0.15, -0.1) is 0 Å². The number of carbonyl (C=O) groups is 1. The number of benzene rings is 2. The van der Waals surface area contributed by atoms with Crippen molar-refractivity contribution in [2.24, 2.45) is 0 Å². The molecule has 0 unspecified atom stereocenters. The monoisotopic (exact) mass is 305 g/mol. The molecule has 2 rings (SSSR count). The topological polar surface area (TPSA) is 101 Å². The molecule has 0 fully saturated rings. The van der Waals surface area contributed by atoms with Crippen LogP contribution in [0.15, 0.2) is 53.4 Å². The van der Waals surface area contributed by atoms with Gasteiger partial charge in [0.2, 0.25) is 5.91 Å². The van der Waals surface area contributed by atoms with E-state index in [0.717, 1.165) is 0 Å². The van der Waals surface area contributed by atoms with Crippen molar-refractivity contribution in [3.63, 3.8) is 0 Å². The zero-order chi connectivity index (χ0) is 15.5. The van der Waals surface area contributed by atoms with E-state index in [2.05, 4.69) is 10.0 Å². The summed E-state index contributed by atoms with van der Waals surface area (Å²) < 4.78 is 26.9. The third kappa shape index (κ3) is 3.96. The fourth-order valence-corrected chi connectivity index (χ4v) is 2.77. The summed E-state index contributed by atoms with van der Waals surface area (Å²) in [6.45, 7) is 1.38. The highest BCUT2D eigenvalue weighted by atomic mass is 32.2. The molecule has 0 radical (unpaired) electrons. The summed E-state index contributed by atoms with van der Waals surface area (Å²) in [5, 5.41) is 2.59. The highest BCUT2D eigenvalue weighted by Gasteiger charge is 2.14. The Morgan fingerprint density at radius 1 is 1.05 bits per heavy atom. The van der Waals surface area contributed by atoms with Gasteiger partial charge in [-0.3, -0.25) is 9.52 Å².